The van der Waals surface area contributed by atoms with Gasteiger partial charge in [0.1, 0.15) is 0 Å². The minimum atomic E-state index is -0.271. The minimum Gasteiger partial charge on any atom is -0.290 e. The van der Waals surface area contributed by atoms with Crippen LogP contribution in [0.25, 0.3) is 10.9 Å². The summed E-state index contributed by atoms with van der Waals surface area (Å²) >= 11 is 1.36. The smallest absolute Gasteiger partial charge is 0.261 e. The van der Waals surface area contributed by atoms with Crippen molar-refractivity contribution in [2.24, 2.45) is 7.05 Å². The fourth-order valence-corrected chi connectivity index (χ4v) is 4.06. The van der Waals surface area contributed by atoms with Gasteiger partial charge in [0.05, 0.1) is 22.0 Å². The third-order valence-electron chi connectivity index (χ3n) is 4.61. The molecular formula is C20H17N3O3S. The van der Waals surface area contributed by atoms with Gasteiger partial charge >= 0.3 is 0 Å². The Bertz CT molecular complexity index is 1120. The first kappa shape index (κ1) is 17.5. The lowest BCUT2D eigenvalue weighted by Crippen LogP contribution is -2.32. The van der Waals surface area contributed by atoms with Gasteiger partial charge in [0.25, 0.3) is 17.4 Å². The number of benzene rings is 2. The van der Waals surface area contributed by atoms with Crippen molar-refractivity contribution >= 4 is 34.5 Å². The van der Waals surface area contributed by atoms with E-state index in [0.717, 1.165) is 5.56 Å². The molecule has 0 saturated carbocycles. The molecule has 0 radical (unpaired) electrons. The summed E-state index contributed by atoms with van der Waals surface area (Å²) in [7, 11) is 1.68. The summed E-state index contributed by atoms with van der Waals surface area (Å²) in [5.74, 6) is -0.0811. The van der Waals surface area contributed by atoms with Crippen molar-refractivity contribution < 1.29 is 9.59 Å². The van der Waals surface area contributed by atoms with Crippen LogP contribution in [0.2, 0.25) is 0 Å². The van der Waals surface area contributed by atoms with E-state index in [9.17, 15) is 14.4 Å². The monoisotopic (exact) mass is 379 g/mol. The molecule has 0 bridgehead atoms. The molecule has 2 heterocycles. The summed E-state index contributed by atoms with van der Waals surface area (Å²) in [6, 6.07) is 12.4. The maximum Gasteiger partial charge on any atom is 0.261 e. The Balaban J connectivity index is 1.53. The van der Waals surface area contributed by atoms with Crippen molar-refractivity contribution in [3.63, 3.8) is 0 Å². The zero-order valence-electron chi connectivity index (χ0n) is 14.9. The average Bonchev–Trinajstić information content (AvgIpc) is 2.91. The topological polar surface area (TPSA) is 72.3 Å². The highest BCUT2D eigenvalue weighted by Crippen LogP contribution is 2.24. The number of hydrogen-bond donors (Lipinski definition) is 0. The molecule has 27 heavy (non-hydrogen) atoms. The Labute approximate surface area is 159 Å². The van der Waals surface area contributed by atoms with Crippen molar-refractivity contribution in [1.82, 2.24) is 14.5 Å². The number of imide groups is 1. The minimum absolute atomic E-state index is 0.105. The first-order chi connectivity index (χ1) is 13.0. The van der Waals surface area contributed by atoms with E-state index in [1.54, 1.807) is 31.3 Å². The van der Waals surface area contributed by atoms with Crippen LogP contribution in [0.15, 0.2) is 52.4 Å². The van der Waals surface area contributed by atoms with E-state index in [2.05, 4.69) is 4.98 Å². The van der Waals surface area contributed by atoms with E-state index in [4.69, 9.17) is 0 Å². The first-order valence-corrected chi connectivity index (χ1v) is 9.51. The molecule has 4 rings (SSSR count). The molecule has 1 aromatic heterocycles. The van der Waals surface area contributed by atoms with Gasteiger partial charge in [-0.15, -0.1) is 0 Å². The van der Waals surface area contributed by atoms with Gasteiger partial charge in [-0.25, -0.2) is 4.98 Å². The molecule has 6 nitrogen and oxygen atoms in total. The number of nitrogens with zero attached hydrogens (tertiary/aromatic N) is 3. The van der Waals surface area contributed by atoms with Crippen molar-refractivity contribution in [3.05, 3.63) is 69.5 Å². The molecule has 2 amide bonds. The van der Waals surface area contributed by atoms with Crippen LogP contribution >= 0.6 is 11.8 Å². The van der Waals surface area contributed by atoms with Crippen LogP contribution in [-0.2, 0) is 7.05 Å². The van der Waals surface area contributed by atoms with Crippen LogP contribution in [-0.4, -0.2) is 38.6 Å². The summed E-state index contributed by atoms with van der Waals surface area (Å²) < 4.78 is 1.51. The molecule has 1 aliphatic rings. The molecule has 0 N–H and O–H groups in total. The van der Waals surface area contributed by atoms with Crippen LogP contribution in [0.1, 0.15) is 26.3 Å². The highest BCUT2D eigenvalue weighted by Gasteiger charge is 2.34. The van der Waals surface area contributed by atoms with Crippen molar-refractivity contribution in [2.75, 3.05) is 12.3 Å². The number of carbonyl (C=O) groups is 2. The summed E-state index contributed by atoms with van der Waals surface area (Å²) in [6.07, 6.45) is 0. The molecule has 0 saturated heterocycles. The predicted molar refractivity (Wildman–Crippen MR) is 104 cm³/mol. The molecule has 3 aromatic rings. The van der Waals surface area contributed by atoms with Gasteiger partial charge in [-0.3, -0.25) is 23.9 Å². The third-order valence-corrected chi connectivity index (χ3v) is 5.62. The maximum atomic E-state index is 12.6. The quantitative estimate of drug-likeness (QED) is 0.396. The number of fused-ring (bicyclic) bond motifs is 2. The van der Waals surface area contributed by atoms with Gasteiger partial charge in [0, 0.05) is 19.3 Å². The van der Waals surface area contributed by atoms with Crippen LogP contribution < -0.4 is 5.56 Å². The molecule has 1 aliphatic heterocycles. The van der Waals surface area contributed by atoms with Crippen LogP contribution in [0.5, 0.6) is 0 Å². The molecule has 0 fully saturated rings. The molecule has 136 valence electrons. The Morgan fingerprint density at radius 1 is 1.00 bits per heavy atom. The van der Waals surface area contributed by atoms with Crippen LogP contribution in [0.3, 0.4) is 0 Å². The fourth-order valence-electron chi connectivity index (χ4n) is 3.16. The van der Waals surface area contributed by atoms with E-state index in [1.807, 2.05) is 25.1 Å². The highest BCUT2D eigenvalue weighted by molar-refractivity contribution is 7.99. The van der Waals surface area contributed by atoms with Crippen molar-refractivity contribution in [2.45, 2.75) is 12.1 Å². The Morgan fingerprint density at radius 2 is 1.67 bits per heavy atom. The normalized spacial score (nSPS) is 13.5. The van der Waals surface area contributed by atoms with E-state index >= 15 is 0 Å². The van der Waals surface area contributed by atoms with Gasteiger partial charge in [0.15, 0.2) is 5.16 Å². The van der Waals surface area contributed by atoms with E-state index < -0.39 is 0 Å². The van der Waals surface area contributed by atoms with Gasteiger partial charge in [-0.1, -0.05) is 35.5 Å². The fraction of sp³-hybridized carbons (Fsp3) is 0.200. The number of thioether (sulfide) groups is 1. The standard InChI is InChI=1S/C20H17N3O3S/c1-12-7-8-16-15(11-12)17(24)22(2)20(21-16)27-10-9-23-18(25)13-5-3-4-6-14(13)19(23)26/h3-8,11H,9-10H2,1-2H3. The molecule has 0 atom stereocenters. The van der Waals surface area contributed by atoms with Gasteiger partial charge in [-0.2, -0.15) is 0 Å². The second kappa shape index (κ2) is 6.66. The zero-order chi connectivity index (χ0) is 19.1. The average molecular weight is 379 g/mol. The number of aryl methyl sites for hydroxylation is 1. The van der Waals surface area contributed by atoms with Gasteiger partial charge in [0.2, 0.25) is 0 Å². The number of hydrogen-bond acceptors (Lipinski definition) is 5. The summed E-state index contributed by atoms with van der Waals surface area (Å²) in [5, 5.41) is 1.15. The lowest BCUT2D eigenvalue weighted by molar-refractivity contribution is 0.0664. The third kappa shape index (κ3) is 2.94. The van der Waals surface area contributed by atoms with Gasteiger partial charge < -0.3 is 0 Å². The summed E-state index contributed by atoms with van der Waals surface area (Å²) in [5.41, 5.74) is 2.43. The Morgan fingerprint density at radius 3 is 2.33 bits per heavy atom. The lowest BCUT2D eigenvalue weighted by Gasteiger charge is -2.14. The predicted octanol–water partition coefficient (Wildman–Crippen LogP) is 2.63. The second-order valence-corrected chi connectivity index (χ2v) is 7.50. The zero-order valence-corrected chi connectivity index (χ0v) is 15.7. The first-order valence-electron chi connectivity index (χ1n) is 8.53. The van der Waals surface area contributed by atoms with Crippen molar-refractivity contribution in [3.8, 4) is 0 Å². The largest absolute Gasteiger partial charge is 0.290 e. The van der Waals surface area contributed by atoms with E-state index in [0.29, 0.717) is 32.9 Å². The number of amides is 2. The van der Waals surface area contributed by atoms with Gasteiger partial charge in [-0.05, 0) is 31.2 Å². The Hall–Kier alpha value is -2.93. The highest BCUT2D eigenvalue weighted by atomic mass is 32.2. The molecule has 7 heteroatoms. The Kier molecular flexibility index (Phi) is 4.31. The van der Waals surface area contributed by atoms with Crippen LogP contribution in [0.4, 0.5) is 0 Å². The summed E-state index contributed by atoms with van der Waals surface area (Å²) in [4.78, 5) is 43.2. The summed E-state index contributed by atoms with van der Waals surface area (Å²) in [6.45, 7) is 2.20. The second-order valence-electron chi connectivity index (χ2n) is 6.44. The number of carbonyl (C=O) groups excluding carboxylic acids is 2. The van der Waals surface area contributed by atoms with E-state index in [-0.39, 0.29) is 23.9 Å². The van der Waals surface area contributed by atoms with Crippen molar-refractivity contribution in [1.29, 1.82) is 0 Å². The number of rotatable bonds is 4. The van der Waals surface area contributed by atoms with Crippen LogP contribution in [0, 0.1) is 6.92 Å². The molecule has 2 aromatic carbocycles. The van der Waals surface area contributed by atoms with E-state index in [1.165, 1.54) is 21.2 Å². The molecule has 0 aliphatic carbocycles. The molecule has 0 spiro atoms. The molecular weight excluding hydrogens is 362 g/mol. The lowest BCUT2D eigenvalue weighted by atomic mass is 10.1. The molecule has 0 unspecified atom stereocenters. The number of aromatic nitrogens is 2. The SMILES string of the molecule is Cc1ccc2nc(SCCN3C(=O)c4ccccc4C3=O)n(C)c(=O)c2c1. The maximum absolute atomic E-state index is 12.6.